The van der Waals surface area contributed by atoms with Crippen molar-refractivity contribution < 1.29 is 19.4 Å². The molecule has 0 heterocycles. The molecule has 0 unspecified atom stereocenters. The van der Waals surface area contributed by atoms with Crippen LogP contribution in [0.2, 0.25) is 0 Å². The molecule has 0 bridgehead atoms. The van der Waals surface area contributed by atoms with E-state index in [-0.39, 0.29) is 11.6 Å². The number of hydrogen-bond acceptors (Lipinski definition) is 4. The third-order valence-electron chi connectivity index (χ3n) is 2.15. The predicted octanol–water partition coefficient (Wildman–Crippen LogP) is 1.67. The molecule has 4 nitrogen and oxygen atoms in total. The summed E-state index contributed by atoms with van der Waals surface area (Å²) in [4.78, 5) is 32.0. The topological polar surface area (TPSA) is 52.6 Å². The Morgan fingerprint density at radius 3 is 1.14 bits per heavy atom. The molecule has 0 saturated heterocycles. The van der Waals surface area contributed by atoms with E-state index in [0.717, 1.165) is 0 Å². The van der Waals surface area contributed by atoms with E-state index in [4.69, 9.17) is 9.78 Å². The summed E-state index contributed by atoms with van der Waals surface area (Å²) in [6, 6.07) is 0. The first kappa shape index (κ1) is 13.3. The van der Waals surface area contributed by atoms with Crippen LogP contribution in [0.15, 0.2) is 0 Å². The molecule has 0 radical (unpaired) electrons. The Bertz CT molecular complexity index is 215. The van der Waals surface area contributed by atoms with Crippen LogP contribution in [0.1, 0.15) is 41.5 Å². The van der Waals surface area contributed by atoms with E-state index >= 15 is 0 Å². The molecule has 0 atom stereocenters. The number of rotatable bonds is 5. The van der Waals surface area contributed by atoms with Crippen molar-refractivity contribution in [2.75, 3.05) is 0 Å². The van der Waals surface area contributed by atoms with Crippen molar-refractivity contribution in [2.45, 2.75) is 52.7 Å². The van der Waals surface area contributed by atoms with Crippen molar-refractivity contribution in [1.29, 1.82) is 0 Å². The summed E-state index contributed by atoms with van der Waals surface area (Å²) in [7, 11) is 0. The Kier molecular flexibility index (Phi) is 3.97. The van der Waals surface area contributed by atoms with Gasteiger partial charge in [0.05, 0.1) is 0 Å². The Hall–Kier alpha value is -0.740. The number of ketones is 2. The monoisotopic (exact) mass is 202 g/mol. The van der Waals surface area contributed by atoms with Gasteiger partial charge in [-0.3, -0.25) is 9.59 Å². The van der Waals surface area contributed by atoms with Crippen LogP contribution in [0.3, 0.4) is 0 Å². The fourth-order valence-electron chi connectivity index (χ4n) is 0.326. The van der Waals surface area contributed by atoms with Crippen molar-refractivity contribution in [3.63, 3.8) is 0 Å². The van der Waals surface area contributed by atoms with Gasteiger partial charge in [-0.05, 0) is 41.5 Å². The average molecular weight is 202 g/mol. The van der Waals surface area contributed by atoms with Crippen molar-refractivity contribution in [2.24, 2.45) is 0 Å². The molecular formula is C10H18O4. The largest absolute Gasteiger partial charge is 0.297 e. The first-order valence-corrected chi connectivity index (χ1v) is 4.48. The molecule has 0 fully saturated rings. The summed E-state index contributed by atoms with van der Waals surface area (Å²) in [5.74, 6) is -0.311. The number of carbonyl (C=O) groups excluding carboxylic acids is 2. The number of carbonyl (C=O) groups is 2. The molecule has 0 amide bonds. The van der Waals surface area contributed by atoms with Crippen LogP contribution in [0.4, 0.5) is 0 Å². The van der Waals surface area contributed by atoms with Gasteiger partial charge in [0.2, 0.25) is 0 Å². The van der Waals surface area contributed by atoms with Crippen LogP contribution in [-0.2, 0) is 19.4 Å². The second kappa shape index (κ2) is 4.19. The van der Waals surface area contributed by atoms with Gasteiger partial charge in [-0.25, -0.2) is 9.78 Å². The summed E-state index contributed by atoms with van der Waals surface area (Å²) in [6.45, 7) is 9.17. The summed E-state index contributed by atoms with van der Waals surface area (Å²) in [5, 5.41) is 0. The molecule has 0 aromatic carbocycles. The SMILES string of the molecule is CC(=O)C(C)(C)OOC(C)(C)C(C)=O. The van der Waals surface area contributed by atoms with Gasteiger partial charge in [-0.15, -0.1) is 0 Å². The van der Waals surface area contributed by atoms with E-state index in [1.54, 1.807) is 27.7 Å². The Balaban J connectivity index is 4.32. The van der Waals surface area contributed by atoms with Gasteiger partial charge in [-0.2, -0.15) is 0 Å². The molecule has 0 saturated carbocycles. The van der Waals surface area contributed by atoms with Gasteiger partial charge in [0, 0.05) is 0 Å². The van der Waals surface area contributed by atoms with Gasteiger partial charge in [0.25, 0.3) is 0 Å². The lowest BCUT2D eigenvalue weighted by Gasteiger charge is -2.27. The van der Waals surface area contributed by atoms with E-state index in [1.807, 2.05) is 0 Å². The second-order valence-corrected chi connectivity index (χ2v) is 4.30. The van der Waals surface area contributed by atoms with Crippen molar-refractivity contribution in [3.8, 4) is 0 Å². The van der Waals surface area contributed by atoms with Gasteiger partial charge in [0.1, 0.15) is 0 Å². The molecule has 82 valence electrons. The summed E-state index contributed by atoms with van der Waals surface area (Å²) >= 11 is 0. The molecule has 0 aromatic rings. The van der Waals surface area contributed by atoms with E-state index in [9.17, 15) is 9.59 Å². The minimum Gasteiger partial charge on any atom is -0.297 e. The summed E-state index contributed by atoms with van der Waals surface area (Å²) in [5.41, 5.74) is -2.04. The van der Waals surface area contributed by atoms with E-state index in [2.05, 4.69) is 0 Å². The molecule has 0 aromatic heterocycles. The smallest absolute Gasteiger partial charge is 0.164 e. The first-order valence-electron chi connectivity index (χ1n) is 4.48. The second-order valence-electron chi connectivity index (χ2n) is 4.30. The summed E-state index contributed by atoms with van der Waals surface area (Å²) < 4.78 is 0. The Morgan fingerprint density at radius 1 is 0.786 bits per heavy atom. The van der Waals surface area contributed by atoms with E-state index in [0.29, 0.717) is 0 Å². The van der Waals surface area contributed by atoms with E-state index < -0.39 is 11.2 Å². The van der Waals surface area contributed by atoms with Crippen LogP contribution >= 0.6 is 0 Å². The lowest BCUT2D eigenvalue weighted by atomic mass is 10.1. The minimum absolute atomic E-state index is 0.156. The minimum atomic E-state index is -1.02. The maximum absolute atomic E-state index is 11.1. The fourth-order valence-corrected chi connectivity index (χ4v) is 0.326. The molecule has 0 aliphatic rings. The molecule has 0 spiro atoms. The van der Waals surface area contributed by atoms with Gasteiger partial charge < -0.3 is 0 Å². The van der Waals surface area contributed by atoms with Crippen LogP contribution < -0.4 is 0 Å². The van der Waals surface area contributed by atoms with Crippen LogP contribution in [-0.4, -0.2) is 22.8 Å². The highest BCUT2D eigenvalue weighted by Gasteiger charge is 2.32. The Labute approximate surface area is 84.5 Å². The Morgan fingerprint density at radius 2 is 1.00 bits per heavy atom. The molecule has 0 aliphatic heterocycles. The molecule has 0 aliphatic carbocycles. The third-order valence-corrected chi connectivity index (χ3v) is 2.15. The fraction of sp³-hybridized carbons (Fsp3) is 0.800. The lowest BCUT2D eigenvalue weighted by Crippen LogP contribution is -2.40. The maximum atomic E-state index is 11.1. The first-order chi connectivity index (χ1) is 6.09. The van der Waals surface area contributed by atoms with E-state index in [1.165, 1.54) is 13.8 Å². The highest BCUT2D eigenvalue weighted by molar-refractivity contribution is 5.84. The standard InChI is InChI=1S/C10H18O4/c1-7(11)9(3,4)13-14-10(5,6)8(2)12/h1-6H3. The van der Waals surface area contributed by atoms with Crippen molar-refractivity contribution >= 4 is 11.6 Å². The molecule has 4 heteroatoms. The molecule has 0 rings (SSSR count). The van der Waals surface area contributed by atoms with Crippen LogP contribution in [0, 0.1) is 0 Å². The third kappa shape index (κ3) is 3.55. The van der Waals surface area contributed by atoms with Gasteiger partial charge in [-0.1, -0.05) is 0 Å². The van der Waals surface area contributed by atoms with Crippen LogP contribution in [0.25, 0.3) is 0 Å². The average Bonchev–Trinajstić information content (AvgIpc) is 2.01. The summed E-state index contributed by atoms with van der Waals surface area (Å²) in [6.07, 6.45) is 0. The maximum Gasteiger partial charge on any atom is 0.164 e. The zero-order valence-electron chi connectivity index (χ0n) is 9.63. The molecular weight excluding hydrogens is 184 g/mol. The quantitative estimate of drug-likeness (QED) is 0.502. The van der Waals surface area contributed by atoms with Crippen molar-refractivity contribution in [3.05, 3.63) is 0 Å². The number of Topliss-reactive ketones (excluding diaryl/α,β-unsaturated/α-hetero) is 2. The molecule has 0 N–H and O–H groups in total. The van der Waals surface area contributed by atoms with Crippen molar-refractivity contribution in [1.82, 2.24) is 0 Å². The van der Waals surface area contributed by atoms with Crippen LogP contribution in [0.5, 0.6) is 0 Å². The zero-order valence-corrected chi connectivity index (χ0v) is 9.63. The van der Waals surface area contributed by atoms with Gasteiger partial charge in [0.15, 0.2) is 22.8 Å². The molecule has 14 heavy (non-hydrogen) atoms. The zero-order chi connectivity index (χ0) is 11.6. The normalized spacial score (nSPS) is 12.7. The highest BCUT2D eigenvalue weighted by Crippen LogP contribution is 2.18. The lowest BCUT2D eigenvalue weighted by molar-refractivity contribution is -0.379. The highest BCUT2D eigenvalue weighted by atomic mass is 17.2. The van der Waals surface area contributed by atoms with Gasteiger partial charge >= 0.3 is 0 Å². The predicted molar refractivity (Wildman–Crippen MR) is 51.7 cm³/mol. The number of hydrogen-bond donors (Lipinski definition) is 0.